The average molecular weight is 378 g/mol. The van der Waals surface area contributed by atoms with Gasteiger partial charge in [-0.1, -0.05) is 23.7 Å². The number of phenolic OH excluding ortho intramolecular Hbond substituents is 1. The van der Waals surface area contributed by atoms with Gasteiger partial charge >= 0.3 is 0 Å². The predicted octanol–water partition coefficient (Wildman–Crippen LogP) is 4.68. The van der Waals surface area contributed by atoms with Crippen molar-refractivity contribution in [1.29, 1.82) is 0 Å². The minimum absolute atomic E-state index is 0.0166. The van der Waals surface area contributed by atoms with Gasteiger partial charge in [0, 0.05) is 40.5 Å². The van der Waals surface area contributed by atoms with Gasteiger partial charge in [0.25, 0.3) is 0 Å². The maximum Gasteiger partial charge on any atom is 0.213 e. The summed E-state index contributed by atoms with van der Waals surface area (Å²) in [6.07, 6.45) is 3.87. The lowest BCUT2D eigenvalue weighted by atomic mass is 9.96. The fourth-order valence-electron chi connectivity index (χ4n) is 3.67. The van der Waals surface area contributed by atoms with E-state index in [1.54, 1.807) is 24.5 Å². The van der Waals surface area contributed by atoms with E-state index in [2.05, 4.69) is 4.98 Å². The normalized spacial score (nSPS) is 20.5. The average Bonchev–Trinajstić information content (AvgIpc) is 3.14. The summed E-state index contributed by atoms with van der Waals surface area (Å²) < 4.78 is 6.28. The van der Waals surface area contributed by atoms with Crippen molar-refractivity contribution < 1.29 is 9.84 Å². The number of pyridine rings is 1. The number of ether oxygens (including phenoxy) is 1. The molecule has 6 heteroatoms. The molecule has 2 atom stereocenters. The van der Waals surface area contributed by atoms with E-state index in [1.807, 2.05) is 47.5 Å². The number of nitrogens with zero attached hydrogens (tertiary/aromatic N) is 3. The summed E-state index contributed by atoms with van der Waals surface area (Å²) in [5.74, 6) is 1.04. The number of benzene rings is 2. The van der Waals surface area contributed by atoms with Crippen LogP contribution in [0.1, 0.15) is 35.4 Å². The third kappa shape index (κ3) is 2.80. The molecule has 0 fully saturated rings. The highest BCUT2D eigenvalue weighted by Gasteiger charge is 2.41. The lowest BCUT2D eigenvalue weighted by molar-refractivity contribution is -0.0190. The number of hydrogen-bond acceptors (Lipinski definition) is 5. The zero-order valence-electron chi connectivity index (χ0n) is 14.3. The molecule has 134 valence electrons. The third-order valence-corrected chi connectivity index (χ3v) is 5.16. The molecule has 3 heterocycles. The first kappa shape index (κ1) is 16.1. The molecule has 0 radical (unpaired) electrons. The maximum atomic E-state index is 9.84. The van der Waals surface area contributed by atoms with E-state index in [1.165, 1.54) is 0 Å². The Morgan fingerprint density at radius 1 is 1.07 bits per heavy atom. The summed E-state index contributed by atoms with van der Waals surface area (Å²) in [5.41, 5.74) is 3.82. The van der Waals surface area contributed by atoms with Crippen molar-refractivity contribution in [2.45, 2.75) is 18.7 Å². The highest BCUT2D eigenvalue weighted by atomic mass is 35.5. The van der Waals surface area contributed by atoms with Crippen LogP contribution in [0.3, 0.4) is 0 Å². The van der Waals surface area contributed by atoms with E-state index in [0.717, 1.165) is 28.2 Å². The number of hydrazone groups is 1. The topological polar surface area (TPSA) is 58.0 Å². The Bertz CT molecular complexity index is 1040. The highest BCUT2D eigenvalue weighted by Crippen LogP contribution is 2.48. The monoisotopic (exact) mass is 377 g/mol. The molecule has 0 aliphatic carbocycles. The molecule has 0 unspecified atom stereocenters. The van der Waals surface area contributed by atoms with Gasteiger partial charge in [-0.25, -0.2) is 5.01 Å². The number of aromatic hydroxyl groups is 1. The second kappa shape index (κ2) is 6.28. The molecular weight excluding hydrogens is 362 g/mol. The second-order valence-corrected chi connectivity index (χ2v) is 7.07. The summed E-state index contributed by atoms with van der Waals surface area (Å²) in [5, 5.41) is 17.3. The Kier molecular flexibility index (Phi) is 3.76. The molecule has 0 amide bonds. The first-order valence-corrected chi connectivity index (χ1v) is 9.08. The fourth-order valence-corrected chi connectivity index (χ4v) is 3.85. The summed E-state index contributed by atoms with van der Waals surface area (Å²) in [6, 6.07) is 16.8. The Morgan fingerprint density at radius 2 is 1.93 bits per heavy atom. The van der Waals surface area contributed by atoms with E-state index in [0.29, 0.717) is 11.4 Å². The zero-order chi connectivity index (χ0) is 18.4. The van der Waals surface area contributed by atoms with Gasteiger partial charge in [0.2, 0.25) is 6.23 Å². The Labute approximate surface area is 161 Å². The summed E-state index contributed by atoms with van der Waals surface area (Å²) in [4.78, 5) is 4.10. The minimum Gasteiger partial charge on any atom is -0.508 e. The smallest absolute Gasteiger partial charge is 0.213 e. The quantitative estimate of drug-likeness (QED) is 0.704. The fraction of sp³-hybridized carbons (Fsp3) is 0.143. The molecule has 1 aromatic heterocycles. The Morgan fingerprint density at radius 3 is 2.74 bits per heavy atom. The van der Waals surface area contributed by atoms with Gasteiger partial charge in [0.15, 0.2) is 0 Å². The van der Waals surface area contributed by atoms with Crippen LogP contribution in [0.2, 0.25) is 5.02 Å². The molecule has 2 aliphatic rings. The van der Waals surface area contributed by atoms with E-state index in [9.17, 15) is 5.11 Å². The van der Waals surface area contributed by atoms with Gasteiger partial charge in [0.1, 0.15) is 11.5 Å². The molecule has 2 aliphatic heterocycles. The summed E-state index contributed by atoms with van der Waals surface area (Å²) in [6.45, 7) is 0. The number of hydrogen-bond donors (Lipinski definition) is 1. The Balaban J connectivity index is 1.61. The van der Waals surface area contributed by atoms with Crippen molar-refractivity contribution >= 4 is 17.3 Å². The SMILES string of the molecule is Oc1cccc(C2=NN3[C@H](C2)c2cc(Cl)ccc2O[C@@H]3c2ccncc2)c1. The van der Waals surface area contributed by atoms with Gasteiger partial charge in [-0.2, -0.15) is 5.10 Å². The van der Waals surface area contributed by atoms with Gasteiger partial charge < -0.3 is 9.84 Å². The zero-order valence-corrected chi connectivity index (χ0v) is 15.0. The number of phenols is 1. The molecule has 5 nitrogen and oxygen atoms in total. The van der Waals surface area contributed by atoms with E-state index < -0.39 is 0 Å². The molecule has 0 saturated heterocycles. The van der Waals surface area contributed by atoms with Crippen LogP contribution < -0.4 is 4.74 Å². The lowest BCUT2D eigenvalue weighted by Crippen LogP contribution is -2.33. The van der Waals surface area contributed by atoms with E-state index in [4.69, 9.17) is 21.4 Å². The van der Waals surface area contributed by atoms with Gasteiger partial charge in [-0.15, -0.1) is 0 Å². The van der Waals surface area contributed by atoms with Crippen LogP contribution in [0, 0.1) is 0 Å². The first-order valence-electron chi connectivity index (χ1n) is 8.70. The predicted molar refractivity (Wildman–Crippen MR) is 103 cm³/mol. The van der Waals surface area contributed by atoms with Crippen molar-refractivity contribution in [3.63, 3.8) is 0 Å². The van der Waals surface area contributed by atoms with Crippen molar-refractivity contribution in [2.24, 2.45) is 5.10 Å². The molecule has 0 spiro atoms. The van der Waals surface area contributed by atoms with Crippen LogP contribution in [0.5, 0.6) is 11.5 Å². The second-order valence-electron chi connectivity index (χ2n) is 6.63. The standard InChI is InChI=1S/C21H16ClN3O2/c22-15-4-5-20-17(11-15)19-12-18(14-2-1-3-16(26)10-14)24-25(19)21(27-20)13-6-8-23-9-7-13/h1-11,19,21,26H,12H2/t19-,21-/m1/s1. The van der Waals surface area contributed by atoms with Crippen molar-refractivity contribution in [3.8, 4) is 11.5 Å². The largest absolute Gasteiger partial charge is 0.508 e. The minimum atomic E-state index is -0.346. The Hall–Kier alpha value is -3.05. The number of rotatable bonds is 2. The molecule has 3 aromatic rings. The van der Waals surface area contributed by atoms with Crippen LogP contribution in [0.15, 0.2) is 72.1 Å². The van der Waals surface area contributed by atoms with Crippen molar-refractivity contribution in [3.05, 3.63) is 88.7 Å². The summed E-state index contributed by atoms with van der Waals surface area (Å²) >= 11 is 6.24. The molecule has 2 aromatic carbocycles. The van der Waals surface area contributed by atoms with Crippen molar-refractivity contribution in [2.75, 3.05) is 0 Å². The molecular formula is C21H16ClN3O2. The third-order valence-electron chi connectivity index (χ3n) is 4.92. The van der Waals surface area contributed by atoms with Gasteiger partial charge in [-0.3, -0.25) is 4.98 Å². The van der Waals surface area contributed by atoms with Gasteiger partial charge in [0.05, 0.1) is 11.8 Å². The van der Waals surface area contributed by atoms with Crippen LogP contribution in [0.25, 0.3) is 0 Å². The van der Waals surface area contributed by atoms with Crippen LogP contribution in [0.4, 0.5) is 0 Å². The first-order chi connectivity index (χ1) is 13.2. The lowest BCUT2D eigenvalue weighted by Gasteiger charge is -2.38. The molecule has 27 heavy (non-hydrogen) atoms. The summed E-state index contributed by atoms with van der Waals surface area (Å²) in [7, 11) is 0. The van der Waals surface area contributed by atoms with Crippen molar-refractivity contribution in [1.82, 2.24) is 9.99 Å². The molecule has 5 rings (SSSR count). The number of aromatic nitrogens is 1. The van der Waals surface area contributed by atoms with Gasteiger partial charge in [-0.05, 0) is 42.5 Å². The van der Waals surface area contributed by atoms with E-state index in [-0.39, 0.29) is 18.0 Å². The number of halogens is 1. The maximum absolute atomic E-state index is 9.84. The molecule has 0 bridgehead atoms. The molecule has 0 saturated carbocycles. The van der Waals surface area contributed by atoms with E-state index >= 15 is 0 Å². The van der Waals surface area contributed by atoms with Crippen LogP contribution >= 0.6 is 11.6 Å². The molecule has 1 N–H and O–H groups in total. The van der Waals surface area contributed by atoms with Crippen LogP contribution in [-0.4, -0.2) is 20.8 Å². The number of fused-ring (bicyclic) bond motifs is 3. The van der Waals surface area contributed by atoms with Crippen LogP contribution in [-0.2, 0) is 0 Å². The highest BCUT2D eigenvalue weighted by molar-refractivity contribution is 6.30.